The molecule has 0 bridgehead atoms. The second-order valence-corrected chi connectivity index (χ2v) is 5.13. The maximum atomic E-state index is 12.3. The van der Waals surface area contributed by atoms with Crippen molar-refractivity contribution in [3.05, 3.63) is 29.8 Å². The maximum Gasteiger partial charge on any atom is 0.253 e. The zero-order valence-corrected chi connectivity index (χ0v) is 11.7. The standard InChI is InChI=1S/C15H22N2O2/c1-17(11-12-4-3-9-16-10-12)15(18)13-5-7-14(19-2)8-6-13/h5-8,12,16H,3-4,9-11H2,1-2H3. The Morgan fingerprint density at radius 3 is 2.74 bits per heavy atom. The summed E-state index contributed by atoms with van der Waals surface area (Å²) >= 11 is 0. The van der Waals surface area contributed by atoms with Crippen molar-refractivity contribution in [2.24, 2.45) is 5.92 Å². The minimum absolute atomic E-state index is 0.0771. The number of benzene rings is 1. The first-order valence-corrected chi connectivity index (χ1v) is 6.81. The number of hydrogen-bond acceptors (Lipinski definition) is 3. The molecular formula is C15H22N2O2. The van der Waals surface area contributed by atoms with Crippen molar-refractivity contribution in [3.63, 3.8) is 0 Å². The van der Waals surface area contributed by atoms with Gasteiger partial charge >= 0.3 is 0 Å². The lowest BCUT2D eigenvalue weighted by atomic mass is 9.99. The molecule has 0 saturated carbocycles. The van der Waals surface area contributed by atoms with Gasteiger partial charge in [-0.2, -0.15) is 0 Å². The molecule has 19 heavy (non-hydrogen) atoms. The second kappa shape index (κ2) is 6.57. The van der Waals surface area contributed by atoms with E-state index in [0.29, 0.717) is 11.5 Å². The van der Waals surface area contributed by atoms with Gasteiger partial charge in [0.2, 0.25) is 0 Å². The van der Waals surface area contributed by atoms with Crippen LogP contribution in [0.3, 0.4) is 0 Å². The molecule has 0 aliphatic carbocycles. The molecule has 1 unspecified atom stereocenters. The summed E-state index contributed by atoms with van der Waals surface area (Å²) in [5.74, 6) is 1.42. The molecule has 2 rings (SSSR count). The van der Waals surface area contributed by atoms with Crippen molar-refractivity contribution >= 4 is 5.91 Å². The number of carbonyl (C=O) groups excluding carboxylic acids is 1. The zero-order valence-electron chi connectivity index (χ0n) is 11.7. The van der Waals surface area contributed by atoms with Crippen LogP contribution >= 0.6 is 0 Å². The average molecular weight is 262 g/mol. The molecule has 1 atom stereocenters. The van der Waals surface area contributed by atoms with Crippen LogP contribution in [0.4, 0.5) is 0 Å². The van der Waals surface area contributed by atoms with E-state index in [4.69, 9.17) is 4.74 Å². The first-order chi connectivity index (χ1) is 9.20. The van der Waals surface area contributed by atoms with Gasteiger partial charge in [-0.25, -0.2) is 0 Å². The van der Waals surface area contributed by atoms with Crippen molar-refractivity contribution in [2.75, 3.05) is 33.8 Å². The molecule has 1 fully saturated rings. The fourth-order valence-electron chi connectivity index (χ4n) is 2.50. The Labute approximate surface area is 114 Å². The fraction of sp³-hybridized carbons (Fsp3) is 0.533. The molecule has 4 heteroatoms. The van der Waals surface area contributed by atoms with Crippen LogP contribution < -0.4 is 10.1 Å². The van der Waals surface area contributed by atoms with Crippen LogP contribution in [0.2, 0.25) is 0 Å². The Hall–Kier alpha value is -1.55. The smallest absolute Gasteiger partial charge is 0.253 e. The van der Waals surface area contributed by atoms with Crippen LogP contribution in [0.1, 0.15) is 23.2 Å². The van der Waals surface area contributed by atoms with Crippen LogP contribution in [-0.4, -0.2) is 44.6 Å². The third kappa shape index (κ3) is 3.70. The molecule has 1 amide bonds. The molecule has 1 aromatic carbocycles. The lowest BCUT2D eigenvalue weighted by Gasteiger charge is -2.27. The lowest BCUT2D eigenvalue weighted by Crippen LogP contribution is -2.39. The van der Waals surface area contributed by atoms with E-state index in [9.17, 15) is 4.79 Å². The van der Waals surface area contributed by atoms with Gasteiger partial charge in [0.05, 0.1) is 7.11 Å². The summed E-state index contributed by atoms with van der Waals surface area (Å²) in [7, 11) is 3.50. The minimum atomic E-state index is 0.0771. The molecular weight excluding hydrogens is 240 g/mol. The van der Waals surface area contributed by atoms with Gasteiger partial charge in [0.15, 0.2) is 0 Å². The summed E-state index contributed by atoms with van der Waals surface area (Å²) in [5, 5.41) is 3.38. The number of nitrogens with one attached hydrogen (secondary N) is 1. The first-order valence-electron chi connectivity index (χ1n) is 6.81. The molecule has 1 aromatic rings. The number of carbonyl (C=O) groups is 1. The molecule has 1 aliphatic rings. The van der Waals surface area contributed by atoms with E-state index in [1.54, 1.807) is 7.11 Å². The summed E-state index contributed by atoms with van der Waals surface area (Å²) in [4.78, 5) is 14.1. The first kappa shape index (κ1) is 13.9. The molecule has 0 spiro atoms. The van der Waals surface area contributed by atoms with E-state index in [-0.39, 0.29) is 5.91 Å². The summed E-state index contributed by atoms with van der Waals surface area (Å²) in [6, 6.07) is 7.28. The highest BCUT2D eigenvalue weighted by Gasteiger charge is 2.18. The topological polar surface area (TPSA) is 41.6 Å². The zero-order chi connectivity index (χ0) is 13.7. The summed E-state index contributed by atoms with van der Waals surface area (Å²) in [6.45, 7) is 2.94. The molecule has 104 valence electrons. The van der Waals surface area contributed by atoms with Crippen LogP contribution in [0.15, 0.2) is 24.3 Å². The van der Waals surface area contributed by atoms with Crippen molar-refractivity contribution < 1.29 is 9.53 Å². The van der Waals surface area contributed by atoms with Crippen molar-refractivity contribution in [1.82, 2.24) is 10.2 Å². The van der Waals surface area contributed by atoms with Crippen molar-refractivity contribution in [2.45, 2.75) is 12.8 Å². The number of rotatable bonds is 4. The third-order valence-corrected chi connectivity index (χ3v) is 3.61. The van der Waals surface area contributed by atoms with Gasteiger partial charge in [0, 0.05) is 19.2 Å². The number of hydrogen-bond donors (Lipinski definition) is 1. The summed E-state index contributed by atoms with van der Waals surface area (Å²) in [5.41, 5.74) is 0.715. The molecule has 1 aliphatic heterocycles. The quantitative estimate of drug-likeness (QED) is 0.899. The Balaban J connectivity index is 1.93. The Bertz CT molecular complexity index is 411. The van der Waals surface area contributed by atoms with Gasteiger partial charge in [-0.1, -0.05) is 0 Å². The Kier molecular flexibility index (Phi) is 4.80. The number of ether oxygens (including phenoxy) is 1. The monoisotopic (exact) mass is 262 g/mol. The van der Waals surface area contributed by atoms with E-state index in [1.807, 2.05) is 36.2 Å². The van der Waals surface area contributed by atoms with E-state index in [2.05, 4.69) is 5.32 Å². The summed E-state index contributed by atoms with van der Waals surface area (Å²) < 4.78 is 5.10. The molecule has 1 saturated heterocycles. The van der Waals surface area contributed by atoms with Crippen LogP contribution in [0.5, 0.6) is 5.75 Å². The maximum absolute atomic E-state index is 12.3. The predicted molar refractivity (Wildman–Crippen MR) is 75.5 cm³/mol. The van der Waals surface area contributed by atoms with Crippen LogP contribution in [-0.2, 0) is 0 Å². The number of amides is 1. The minimum Gasteiger partial charge on any atom is -0.497 e. The fourth-order valence-corrected chi connectivity index (χ4v) is 2.50. The van der Waals surface area contributed by atoms with Crippen LogP contribution in [0.25, 0.3) is 0 Å². The Morgan fingerprint density at radius 2 is 2.16 bits per heavy atom. The third-order valence-electron chi connectivity index (χ3n) is 3.61. The highest BCUT2D eigenvalue weighted by Crippen LogP contribution is 2.15. The molecule has 0 radical (unpaired) electrons. The number of methoxy groups -OCH3 is 1. The summed E-state index contributed by atoms with van der Waals surface area (Å²) in [6.07, 6.45) is 2.41. The van der Waals surface area contributed by atoms with E-state index < -0.39 is 0 Å². The molecule has 1 N–H and O–H groups in total. The van der Waals surface area contributed by atoms with Gasteiger partial charge in [0.1, 0.15) is 5.75 Å². The van der Waals surface area contributed by atoms with Crippen molar-refractivity contribution in [3.8, 4) is 5.75 Å². The largest absolute Gasteiger partial charge is 0.497 e. The van der Waals surface area contributed by atoms with Gasteiger partial charge in [-0.15, -0.1) is 0 Å². The lowest BCUT2D eigenvalue weighted by molar-refractivity contribution is 0.0764. The van der Waals surface area contributed by atoms with Crippen molar-refractivity contribution in [1.29, 1.82) is 0 Å². The van der Waals surface area contributed by atoms with E-state index >= 15 is 0 Å². The SMILES string of the molecule is COc1ccc(C(=O)N(C)CC2CCCNC2)cc1. The number of piperidine rings is 1. The highest BCUT2D eigenvalue weighted by atomic mass is 16.5. The predicted octanol–water partition coefficient (Wildman–Crippen LogP) is 1.77. The average Bonchev–Trinajstić information content (AvgIpc) is 2.47. The van der Waals surface area contributed by atoms with Gasteiger partial charge in [-0.05, 0) is 56.1 Å². The van der Waals surface area contributed by atoms with E-state index in [0.717, 1.165) is 25.4 Å². The normalized spacial score (nSPS) is 18.9. The van der Waals surface area contributed by atoms with Gasteiger partial charge in [-0.3, -0.25) is 4.79 Å². The van der Waals surface area contributed by atoms with Crippen LogP contribution in [0, 0.1) is 5.92 Å². The van der Waals surface area contributed by atoms with E-state index in [1.165, 1.54) is 12.8 Å². The van der Waals surface area contributed by atoms with Gasteiger partial charge < -0.3 is 15.0 Å². The van der Waals surface area contributed by atoms with Gasteiger partial charge in [0.25, 0.3) is 5.91 Å². The second-order valence-electron chi connectivity index (χ2n) is 5.13. The molecule has 4 nitrogen and oxygen atoms in total. The number of nitrogens with zero attached hydrogens (tertiary/aromatic N) is 1. The molecule has 0 aromatic heterocycles. The Morgan fingerprint density at radius 1 is 1.42 bits per heavy atom. The highest BCUT2D eigenvalue weighted by molar-refractivity contribution is 5.94. The molecule has 1 heterocycles.